The third-order valence-corrected chi connectivity index (χ3v) is 5.41. The van der Waals surface area contributed by atoms with E-state index in [0.29, 0.717) is 0 Å². The van der Waals surface area contributed by atoms with Gasteiger partial charge in [-0.15, -0.1) is 16.0 Å². The highest BCUT2D eigenvalue weighted by Crippen LogP contribution is 2.33. The Kier molecular flexibility index (Phi) is 4.43. The molecule has 0 saturated carbocycles. The molecule has 4 N–H and O–H groups in total. The Balaban J connectivity index is 2.32. The van der Waals surface area contributed by atoms with E-state index in [4.69, 9.17) is 16.7 Å². The zero-order valence-electron chi connectivity index (χ0n) is 14.6. The molecule has 5 nitrogen and oxygen atoms in total. The van der Waals surface area contributed by atoms with Crippen molar-refractivity contribution in [3.05, 3.63) is 40.7 Å². The molecule has 0 radical (unpaired) electrons. The van der Waals surface area contributed by atoms with Gasteiger partial charge in [0.15, 0.2) is 6.54 Å². The van der Waals surface area contributed by atoms with Gasteiger partial charge >= 0.3 is 0 Å². The van der Waals surface area contributed by atoms with E-state index in [9.17, 15) is 0 Å². The average molecular weight is 342 g/mol. The first-order valence-electron chi connectivity index (χ1n) is 8.18. The number of rotatable bonds is 3. The molecule has 1 aliphatic heterocycles. The van der Waals surface area contributed by atoms with Crippen LogP contribution in [0.15, 0.2) is 24.3 Å². The maximum absolute atomic E-state index is 6.09. The Hall–Kier alpha value is -2.18. The van der Waals surface area contributed by atoms with Gasteiger partial charge in [0, 0.05) is 18.2 Å². The second-order valence-electron chi connectivity index (χ2n) is 6.00. The first kappa shape index (κ1) is 16.7. The van der Waals surface area contributed by atoms with Crippen molar-refractivity contribution in [1.29, 1.82) is 0 Å². The number of hydrazine groups is 2. The molecule has 0 spiro atoms. The van der Waals surface area contributed by atoms with Crippen LogP contribution in [0.5, 0.6) is 0 Å². The lowest BCUT2D eigenvalue weighted by Crippen LogP contribution is -2.37. The average Bonchev–Trinajstić information content (AvgIpc) is 2.57. The Morgan fingerprint density at radius 2 is 1.88 bits per heavy atom. The van der Waals surface area contributed by atoms with Crippen molar-refractivity contribution in [3.8, 4) is 10.6 Å². The van der Waals surface area contributed by atoms with Gasteiger partial charge in [-0.05, 0) is 51.5 Å². The van der Waals surface area contributed by atoms with E-state index < -0.39 is 0 Å². The molecule has 1 heterocycles. The normalized spacial score (nSPS) is 12.7. The number of nitrogens with two attached hydrogens (primary N) is 2. The van der Waals surface area contributed by atoms with E-state index in [2.05, 4.69) is 38.1 Å². The first-order valence-corrected chi connectivity index (χ1v) is 8.99. The van der Waals surface area contributed by atoms with Gasteiger partial charge in [0.25, 0.3) is 0 Å². The van der Waals surface area contributed by atoms with E-state index in [1.807, 2.05) is 13.8 Å². The Bertz CT molecular complexity index is 944. The van der Waals surface area contributed by atoms with Crippen LogP contribution in [0.1, 0.15) is 25.0 Å². The molecule has 6 heteroatoms. The van der Waals surface area contributed by atoms with Gasteiger partial charge in [0.05, 0.1) is 26.5 Å². The molecule has 1 aliphatic carbocycles. The van der Waals surface area contributed by atoms with Gasteiger partial charge in [0.2, 0.25) is 5.36 Å². The van der Waals surface area contributed by atoms with Crippen molar-refractivity contribution in [2.45, 2.75) is 27.7 Å². The van der Waals surface area contributed by atoms with Crippen molar-refractivity contribution in [2.24, 2.45) is 11.7 Å². The molecule has 0 atom stereocenters. The number of aryl methyl sites for hydroxylation is 2. The molecule has 0 amide bonds. The van der Waals surface area contributed by atoms with Crippen LogP contribution < -0.4 is 26.7 Å². The van der Waals surface area contributed by atoms with Crippen molar-refractivity contribution >= 4 is 27.2 Å². The topological polar surface area (TPSA) is 71.2 Å². The summed E-state index contributed by atoms with van der Waals surface area (Å²) in [6.45, 7) is 9.76. The van der Waals surface area contributed by atoms with Crippen molar-refractivity contribution in [1.82, 2.24) is 9.67 Å². The highest BCUT2D eigenvalue weighted by Gasteiger charge is 2.14. The number of fused-ring (bicyclic) bond motifs is 2. The zero-order valence-corrected chi connectivity index (χ0v) is 15.4. The van der Waals surface area contributed by atoms with Crippen LogP contribution in [-0.4, -0.2) is 18.1 Å². The van der Waals surface area contributed by atoms with Crippen molar-refractivity contribution in [2.75, 3.05) is 18.1 Å². The monoisotopic (exact) mass is 342 g/mol. The third kappa shape index (κ3) is 2.83. The van der Waals surface area contributed by atoms with Gasteiger partial charge in [-0.3, -0.25) is 0 Å². The van der Waals surface area contributed by atoms with Crippen LogP contribution in [0.2, 0.25) is 0 Å². The number of aromatic nitrogens is 1. The predicted octanol–water partition coefficient (Wildman–Crippen LogP) is 2.38. The maximum atomic E-state index is 6.09. The highest BCUT2D eigenvalue weighted by atomic mass is 32.1. The van der Waals surface area contributed by atoms with Crippen LogP contribution >= 0.6 is 11.3 Å². The molecule has 0 fully saturated rings. The number of hydrogen-bond donors (Lipinski definition) is 2. The molecule has 3 rings (SSSR count). The summed E-state index contributed by atoms with van der Waals surface area (Å²) >= 11 is 1.73. The maximum Gasteiger partial charge on any atom is 0.233 e. The van der Waals surface area contributed by atoms with Crippen LogP contribution in [0.25, 0.3) is 20.8 Å². The highest BCUT2D eigenvalue weighted by molar-refractivity contribution is 7.21. The molecule has 24 heavy (non-hydrogen) atoms. The summed E-state index contributed by atoms with van der Waals surface area (Å²) < 4.78 is 2.90. The fraction of sp³-hybridized carbons (Fsp3) is 0.333. The number of benzene rings is 2. The molecule has 1 aromatic rings. The van der Waals surface area contributed by atoms with Gasteiger partial charge in [-0.2, -0.15) is 0 Å². The molecular formula is C18H24N5S+. The Labute approximate surface area is 146 Å². The van der Waals surface area contributed by atoms with Crippen molar-refractivity contribution < 1.29 is 0 Å². The van der Waals surface area contributed by atoms with Crippen LogP contribution in [0, 0.1) is 13.8 Å². The number of hydrogen-bond acceptors (Lipinski definition) is 5. The molecule has 0 bridgehead atoms. The molecular weight excluding hydrogens is 318 g/mol. The van der Waals surface area contributed by atoms with Crippen LogP contribution in [-0.2, 0) is 0 Å². The SMILES string of the molecule is CCN(N)c1cc2sc3cc(=[N+](N)CC)c(C)cc-3nc2cc1C. The van der Waals surface area contributed by atoms with E-state index >= 15 is 0 Å². The Morgan fingerprint density at radius 1 is 1.12 bits per heavy atom. The van der Waals surface area contributed by atoms with Gasteiger partial charge in [-0.25, -0.2) is 16.7 Å². The molecule has 1 aromatic carbocycles. The smallest absolute Gasteiger partial charge is 0.233 e. The molecule has 126 valence electrons. The van der Waals surface area contributed by atoms with Gasteiger partial charge in [0.1, 0.15) is 0 Å². The summed E-state index contributed by atoms with van der Waals surface area (Å²) in [4.78, 5) is 5.97. The van der Waals surface area contributed by atoms with E-state index in [0.717, 1.165) is 56.0 Å². The summed E-state index contributed by atoms with van der Waals surface area (Å²) in [5.41, 5.74) is 5.33. The second kappa shape index (κ2) is 6.37. The molecule has 0 unspecified atom stereocenters. The molecule has 2 aliphatic rings. The standard InChI is InChI=1S/C18H24N5S/c1-5-22(19)15-9-17-13(7-11(15)3)21-14-8-12(4)16(23(20)6-2)10-18(14)24-17/h7-10H,5-6,19-20H2,1-4H3/q+1. The van der Waals surface area contributed by atoms with Crippen LogP contribution in [0.3, 0.4) is 0 Å². The lowest BCUT2D eigenvalue weighted by atomic mass is 10.1. The van der Waals surface area contributed by atoms with E-state index in [1.54, 1.807) is 21.0 Å². The van der Waals surface area contributed by atoms with Crippen LogP contribution in [0.4, 0.5) is 5.69 Å². The molecule has 0 saturated heterocycles. The quantitative estimate of drug-likeness (QED) is 0.332. The minimum Gasteiger partial charge on any atom is -0.311 e. The number of nitrogens with zero attached hydrogens (tertiary/aromatic N) is 3. The summed E-state index contributed by atoms with van der Waals surface area (Å²) in [7, 11) is 0. The minimum atomic E-state index is 0.764. The lowest BCUT2D eigenvalue weighted by molar-refractivity contribution is 0.631. The van der Waals surface area contributed by atoms with Gasteiger partial charge < -0.3 is 5.01 Å². The number of anilines is 1. The van der Waals surface area contributed by atoms with E-state index in [-0.39, 0.29) is 0 Å². The summed E-state index contributed by atoms with van der Waals surface area (Å²) in [5, 5.41) is 2.81. The summed E-state index contributed by atoms with van der Waals surface area (Å²) in [6, 6.07) is 8.48. The fourth-order valence-corrected chi connectivity index (χ4v) is 3.87. The predicted molar refractivity (Wildman–Crippen MR) is 103 cm³/mol. The minimum absolute atomic E-state index is 0.764. The van der Waals surface area contributed by atoms with Gasteiger partial charge in [-0.1, -0.05) is 0 Å². The zero-order chi connectivity index (χ0) is 17.4. The lowest BCUT2D eigenvalue weighted by Gasteiger charge is -2.19. The van der Waals surface area contributed by atoms with Crippen molar-refractivity contribution in [3.63, 3.8) is 0 Å². The fourth-order valence-electron chi connectivity index (χ4n) is 2.87. The van der Waals surface area contributed by atoms with E-state index in [1.165, 1.54) is 0 Å². The summed E-state index contributed by atoms with van der Waals surface area (Å²) in [5.74, 6) is 12.2. The third-order valence-electron chi connectivity index (χ3n) is 4.32. The second-order valence-corrected chi connectivity index (χ2v) is 7.08. The largest absolute Gasteiger partial charge is 0.311 e. The Morgan fingerprint density at radius 3 is 2.54 bits per heavy atom. The summed E-state index contributed by atoms with van der Waals surface area (Å²) in [6.07, 6.45) is 0. The first-order chi connectivity index (χ1) is 11.4. The molecule has 0 aromatic heterocycles.